The smallest absolute Gasteiger partial charge is 0.324 e. The van der Waals surface area contributed by atoms with Crippen LogP contribution in [0.15, 0.2) is 0 Å². The lowest BCUT2D eigenvalue weighted by Crippen LogP contribution is -2.14. The minimum atomic E-state index is -3.85. The highest BCUT2D eigenvalue weighted by atomic mass is 31.2. The fourth-order valence-corrected chi connectivity index (χ4v) is 1.91. The monoisotopic (exact) mass is 194 g/mol. The van der Waals surface area contributed by atoms with Gasteiger partial charge in [-0.25, -0.2) is 0 Å². The van der Waals surface area contributed by atoms with E-state index < -0.39 is 13.3 Å². The van der Waals surface area contributed by atoms with E-state index in [0.29, 0.717) is 0 Å². The first-order valence-electron chi connectivity index (χ1n) is 4.44. The summed E-state index contributed by atoms with van der Waals surface area (Å²) in [5.41, 5.74) is -0.496. The van der Waals surface area contributed by atoms with Gasteiger partial charge in [-0.2, -0.15) is 0 Å². The van der Waals surface area contributed by atoms with Gasteiger partial charge < -0.3 is 9.79 Å². The molecular weight excluding hydrogens is 175 g/mol. The minimum Gasteiger partial charge on any atom is -0.324 e. The van der Waals surface area contributed by atoms with Gasteiger partial charge in [0.15, 0.2) is 0 Å². The lowest BCUT2D eigenvalue weighted by Gasteiger charge is -2.20. The van der Waals surface area contributed by atoms with Crippen LogP contribution in [-0.4, -0.2) is 15.4 Å². The number of hydrogen-bond acceptors (Lipinski definition) is 1. The maximum absolute atomic E-state index is 10.8. The fourth-order valence-electron chi connectivity index (χ4n) is 1.10. The van der Waals surface area contributed by atoms with Gasteiger partial charge in [-0.1, -0.05) is 33.6 Å². The van der Waals surface area contributed by atoms with Crippen LogP contribution < -0.4 is 0 Å². The molecule has 0 bridgehead atoms. The van der Waals surface area contributed by atoms with Crippen molar-refractivity contribution >= 4 is 7.60 Å². The first kappa shape index (κ1) is 12.2. The van der Waals surface area contributed by atoms with Crippen molar-refractivity contribution in [2.75, 3.05) is 0 Å². The Bertz CT molecular complexity index is 164. The Morgan fingerprint density at radius 2 is 1.83 bits per heavy atom. The molecule has 3 nitrogen and oxygen atoms in total. The first-order chi connectivity index (χ1) is 5.39. The molecule has 0 aromatic carbocycles. The summed E-state index contributed by atoms with van der Waals surface area (Å²) in [5, 5.41) is 0. The molecule has 0 spiro atoms. The van der Waals surface area contributed by atoms with Gasteiger partial charge in [0, 0.05) is 0 Å². The quantitative estimate of drug-likeness (QED) is 0.660. The molecule has 2 atom stereocenters. The highest BCUT2D eigenvalue weighted by molar-refractivity contribution is 7.52. The summed E-state index contributed by atoms with van der Waals surface area (Å²) >= 11 is 0. The third-order valence-electron chi connectivity index (χ3n) is 2.37. The molecule has 0 radical (unpaired) electrons. The summed E-state index contributed by atoms with van der Waals surface area (Å²) in [6.07, 6.45) is 3.03. The van der Waals surface area contributed by atoms with Crippen LogP contribution in [0, 0.1) is 5.92 Å². The van der Waals surface area contributed by atoms with E-state index in [-0.39, 0.29) is 5.92 Å². The maximum Gasteiger partial charge on any atom is 0.328 e. The molecule has 0 rings (SSSR count). The Hall–Kier alpha value is 0.150. The van der Waals surface area contributed by atoms with Crippen molar-refractivity contribution < 1.29 is 14.4 Å². The highest BCUT2D eigenvalue weighted by Gasteiger charge is 2.28. The van der Waals surface area contributed by atoms with E-state index in [1.807, 2.05) is 6.92 Å². The topological polar surface area (TPSA) is 57.5 Å². The summed E-state index contributed by atoms with van der Waals surface area (Å²) in [6.45, 7) is 5.61. The molecule has 0 amide bonds. The summed E-state index contributed by atoms with van der Waals surface area (Å²) in [6, 6.07) is 0. The SMILES string of the molecule is CCCCC(C)C(C)P(=O)(O)O. The predicted molar refractivity (Wildman–Crippen MR) is 50.2 cm³/mol. The van der Waals surface area contributed by atoms with Crippen LogP contribution in [0.3, 0.4) is 0 Å². The lowest BCUT2D eigenvalue weighted by atomic mass is 10.0. The van der Waals surface area contributed by atoms with Gasteiger partial charge in [-0.15, -0.1) is 0 Å². The molecule has 4 heteroatoms. The molecule has 0 heterocycles. The van der Waals surface area contributed by atoms with Gasteiger partial charge in [0.25, 0.3) is 0 Å². The predicted octanol–water partition coefficient (Wildman–Crippen LogP) is 2.38. The van der Waals surface area contributed by atoms with E-state index >= 15 is 0 Å². The van der Waals surface area contributed by atoms with Crippen LogP contribution in [0.2, 0.25) is 0 Å². The van der Waals surface area contributed by atoms with Crippen LogP contribution in [0.25, 0.3) is 0 Å². The van der Waals surface area contributed by atoms with Gasteiger partial charge >= 0.3 is 7.60 Å². The van der Waals surface area contributed by atoms with Crippen molar-refractivity contribution in [2.24, 2.45) is 5.92 Å². The second-order valence-electron chi connectivity index (χ2n) is 3.45. The minimum absolute atomic E-state index is 0.116. The summed E-state index contributed by atoms with van der Waals surface area (Å²) in [4.78, 5) is 17.7. The molecule has 0 saturated heterocycles. The standard InChI is InChI=1S/C8H19O3P/c1-4-5-6-7(2)8(3)12(9,10)11/h7-8H,4-6H2,1-3H3,(H2,9,10,11). The van der Waals surface area contributed by atoms with E-state index in [9.17, 15) is 4.57 Å². The van der Waals surface area contributed by atoms with Crippen molar-refractivity contribution in [2.45, 2.75) is 45.7 Å². The summed E-state index contributed by atoms with van der Waals surface area (Å²) in [5.74, 6) is 0.116. The van der Waals surface area contributed by atoms with Gasteiger partial charge in [0.1, 0.15) is 0 Å². The van der Waals surface area contributed by atoms with Crippen LogP contribution in [0.1, 0.15) is 40.0 Å². The average molecular weight is 194 g/mol. The molecule has 0 aliphatic carbocycles. The van der Waals surface area contributed by atoms with E-state index in [0.717, 1.165) is 19.3 Å². The van der Waals surface area contributed by atoms with E-state index in [4.69, 9.17) is 9.79 Å². The third kappa shape index (κ3) is 4.24. The van der Waals surface area contributed by atoms with Crippen molar-refractivity contribution in [3.8, 4) is 0 Å². The molecule has 2 N–H and O–H groups in total. The Morgan fingerprint density at radius 3 is 2.17 bits per heavy atom. The van der Waals surface area contributed by atoms with Crippen molar-refractivity contribution in [1.82, 2.24) is 0 Å². The largest absolute Gasteiger partial charge is 0.328 e. The maximum atomic E-state index is 10.8. The van der Waals surface area contributed by atoms with Crippen molar-refractivity contribution in [3.05, 3.63) is 0 Å². The molecule has 0 aliphatic heterocycles. The van der Waals surface area contributed by atoms with Crippen LogP contribution >= 0.6 is 7.60 Å². The Labute approximate surface area is 74.3 Å². The third-order valence-corrected chi connectivity index (χ3v) is 3.94. The van der Waals surface area contributed by atoms with Gasteiger partial charge in [0.05, 0.1) is 5.66 Å². The molecule has 0 aromatic rings. The Balaban J connectivity index is 3.93. The molecule has 0 saturated carbocycles. The van der Waals surface area contributed by atoms with E-state index in [1.54, 1.807) is 6.92 Å². The average Bonchev–Trinajstić information content (AvgIpc) is 1.97. The normalized spacial score (nSPS) is 17.4. The molecule has 0 fully saturated rings. The Morgan fingerprint density at radius 1 is 1.33 bits per heavy atom. The molecule has 74 valence electrons. The van der Waals surface area contributed by atoms with Crippen LogP contribution in [-0.2, 0) is 4.57 Å². The van der Waals surface area contributed by atoms with Gasteiger partial charge in [0.2, 0.25) is 0 Å². The van der Waals surface area contributed by atoms with Crippen LogP contribution in [0.5, 0.6) is 0 Å². The highest BCUT2D eigenvalue weighted by Crippen LogP contribution is 2.45. The zero-order valence-corrected chi connectivity index (χ0v) is 8.92. The number of unbranched alkanes of at least 4 members (excludes halogenated alkanes) is 1. The zero-order valence-electron chi connectivity index (χ0n) is 8.03. The fraction of sp³-hybridized carbons (Fsp3) is 1.00. The molecule has 0 aromatic heterocycles. The van der Waals surface area contributed by atoms with Crippen molar-refractivity contribution in [1.29, 1.82) is 0 Å². The van der Waals surface area contributed by atoms with E-state index in [2.05, 4.69) is 6.92 Å². The van der Waals surface area contributed by atoms with Gasteiger partial charge in [-0.05, 0) is 12.3 Å². The molecule has 2 unspecified atom stereocenters. The second kappa shape index (κ2) is 5.00. The number of hydrogen-bond donors (Lipinski definition) is 2. The van der Waals surface area contributed by atoms with E-state index in [1.165, 1.54) is 0 Å². The van der Waals surface area contributed by atoms with Gasteiger partial charge in [-0.3, -0.25) is 4.57 Å². The molecular formula is C8H19O3P. The number of rotatable bonds is 5. The summed E-state index contributed by atoms with van der Waals surface area (Å²) < 4.78 is 10.8. The van der Waals surface area contributed by atoms with Crippen molar-refractivity contribution in [3.63, 3.8) is 0 Å². The second-order valence-corrected chi connectivity index (χ2v) is 5.44. The summed E-state index contributed by atoms with van der Waals surface area (Å²) in [7, 11) is -3.85. The van der Waals surface area contributed by atoms with Crippen LogP contribution in [0.4, 0.5) is 0 Å². The molecule has 12 heavy (non-hydrogen) atoms. The zero-order chi connectivity index (χ0) is 9.78. The lowest BCUT2D eigenvalue weighted by molar-refractivity contribution is 0.336. The molecule has 0 aliphatic rings. The Kier molecular flexibility index (Phi) is 5.07. The first-order valence-corrected chi connectivity index (χ1v) is 6.13.